The zero-order chi connectivity index (χ0) is 13.0. The van der Waals surface area contributed by atoms with Crippen molar-refractivity contribution >= 4 is 17.5 Å². The zero-order valence-corrected chi connectivity index (χ0v) is 10.2. The summed E-state index contributed by atoms with van der Waals surface area (Å²) in [5, 5.41) is 2.82. The summed E-state index contributed by atoms with van der Waals surface area (Å²) >= 11 is 0. The molecule has 5 nitrogen and oxygen atoms in total. The number of primary amides is 1. The van der Waals surface area contributed by atoms with Crippen LogP contribution in [-0.4, -0.2) is 31.4 Å². The maximum absolute atomic E-state index is 11.8. The van der Waals surface area contributed by atoms with Crippen LogP contribution >= 0.6 is 0 Å². The Kier molecular flexibility index (Phi) is 3.94. The van der Waals surface area contributed by atoms with Gasteiger partial charge in [-0.1, -0.05) is 0 Å². The van der Waals surface area contributed by atoms with Crippen molar-refractivity contribution < 1.29 is 14.5 Å². The van der Waals surface area contributed by atoms with E-state index in [1.165, 1.54) is 17.7 Å². The molecule has 96 valence electrons. The van der Waals surface area contributed by atoms with E-state index in [2.05, 4.69) is 5.32 Å². The molecule has 0 bridgehead atoms. The van der Waals surface area contributed by atoms with Crippen LogP contribution < -0.4 is 16.0 Å². The fourth-order valence-electron chi connectivity index (χ4n) is 2.20. The molecule has 1 heterocycles. The first-order valence-corrected chi connectivity index (χ1v) is 6.18. The number of quaternary nitrogens is 1. The average Bonchev–Trinajstić information content (AvgIpc) is 2.82. The van der Waals surface area contributed by atoms with E-state index >= 15 is 0 Å². The van der Waals surface area contributed by atoms with E-state index in [-0.39, 0.29) is 5.91 Å². The summed E-state index contributed by atoms with van der Waals surface area (Å²) in [5.41, 5.74) is 6.28. The summed E-state index contributed by atoms with van der Waals surface area (Å²) in [5.74, 6) is -0.451. The minimum Gasteiger partial charge on any atom is -0.366 e. The van der Waals surface area contributed by atoms with E-state index < -0.39 is 5.91 Å². The highest BCUT2D eigenvalue weighted by atomic mass is 16.2. The van der Waals surface area contributed by atoms with Gasteiger partial charge in [0.25, 0.3) is 5.91 Å². The van der Waals surface area contributed by atoms with E-state index in [0.29, 0.717) is 17.8 Å². The van der Waals surface area contributed by atoms with Crippen molar-refractivity contribution in [1.29, 1.82) is 0 Å². The molecule has 0 radical (unpaired) electrons. The van der Waals surface area contributed by atoms with Gasteiger partial charge < -0.3 is 16.0 Å². The fourth-order valence-corrected chi connectivity index (χ4v) is 2.20. The molecule has 0 unspecified atom stereocenters. The normalized spacial score (nSPS) is 15.6. The van der Waals surface area contributed by atoms with Crippen molar-refractivity contribution in [3.8, 4) is 0 Å². The third-order valence-electron chi connectivity index (χ3n) is 3.17. The van der Waals surface area contributed by atoms with Gasteiger partial charge in [-0.25, -0.2) is 0 Å². The topological polar surface area (TPSA) is 76.6 Å². The highest BCUT2D eigenvalue weighted by molar-refractivity contribution is 5.95. The van der Waals surface area contributed by atoms with Gasteiger partial charge in [-0.3, -0.25) is 9.59 Å². The van der Waals surface area contributed by atoms with Gasteiger partial charge in [0.15, 0.2) is 6.54 Å². The minimum atomic E-state index is -0.464. The van der Waals surface area contributed by atoms with Gasteiger partial charge in [-0.05, 0) is 24.3 Å². The Morgan fingerprint density at radius 3 is 2.33 bits per heavy atom. The molecule has 0 spiro atoms. The maximum Gasteiger partial charge on any atom is 0.279 e. The van der Waals surface area contributed by atoms with Gasteiger partial charge in [0.2, 0.25) is 5.91 Å². The summed E-state index contributed by atoms with van der Waals surface area (Å²) in [7, 11) is 0. The van der Waals surface area contributed by atoms with E-state index in [1.807, 2.05) is 0 Å². The number of hydrogen-bond donors (Lipinski definition) is 3. The Labute approximate surface area is 106 Å². The highest BCUT2D eigenvalue weighted by Crippen LogP contribution is 2.08. The van der Waals surface area contributed by atoms with Crippen LogP contribution in [0.15, 0.2) is 24.3 Å². The Balaban J connectivity index is 1.88. The lowest BCUT2D eigenvalue weighted by Crippen LogP contribution is -3.11. The lowest BCUT2D eigenvalue weighted by molar-refractivity contribution is -0.878. The number of nitrogens with two attached hydrogens (primary N) is 1. The third-order valence-corrected chi connectivity index (χ3v) is 3.17. The molecule has 1 aromatic carbocycles. The SMILES string of the molecule is NC(=O)c1ccc(NC(=O)C[NH+]2CCCC2)cc1. The summed E-state index contributed by atoms with van der Waals surface area (Å²) < 4.78 is 0. The van der Waals surface area contributed by atoms with Crippen LogP contribution in [0.4, 0.5) is 5.69 Å². The van der Waals surface area contributed by atoms with Crippen molar-refractivity contribution in [2.45, 2.75) is 12.8 Å². The molecular weight excluding hydrogens is 230 g/mol. The van der Waals surface area contributed by atoms with Crippen LogP contribution in [0.25, 0.3) is 0 Å². The summed E-state index contributed by atoms with van der Waals surface area (Å²) in [4.78, 5) is 24.0. The Bertz CT molecular complexity index is 436. The van der Waals surface area contributed by atoms with Gasteiger partial charge in [-0.15, -0.1) is 0 Å². The number of anilines is 1. The molecule has 1 aliphatic rings. The highest BCUT2D eigenvalue weighted by Gasteiger charge is 2.18. The molecule has 0 saturated carbocycles. The minimum absolute atomic E-state index is 0.0127. The number of rotatable bonds is 4. The molecule has 2 rings (SSSR count). The van der Waals surface area contributed by atoms with Crippen LogP contribution in [0.2, 0.25) is 0 Å². The Morgan fingerprint density at radius 1 is 1.17 bits per heavy atom. The first-order chi connectivity index (χ1) is 8.65. The van der Waals surface area contributed by atoms with Crippen LogP contribution in [-0.2, 0) is 4.79 Å². The predicted molar refractivity (Wildman–Crippen MR) is 68.4 cm³/mol. The summed E-state index contributed by atoms with van der Waals surface area (Å²) in [6.45, 7) is 2.67. The number of likely N-dealkylation sites (tertiary alicyclic amines) is 1. The molecule has 2 amide bonds. The van der Waals surface area contributed by atoms with E-state index in [1.54, 1.807) is 24.3 Å². The second kappa shape index (κ2) is 5.64. The predicted octanol–water partition coefficient (Wildman–Crippen LogP) is -0.597. The number of nitrogens with one attached hydrogen (secondary N) is 2. The molecule has 1 aliphatic heterocycles. The van der Waals surface area contributed by atoms with Gasteiger partial charge in [0.05, 0.1) is 13.1 Å². The van der Waals surface area contributed by atoms with Crippen molar-refractivity contribution in [3.05, 3.63) is 29.8 Å². The number of benzene rings is 1. The second-order valence-corrected chi connectivity index (χ2v) is 4.62. The maximum atomic E-state index is 11.8. The number of amides is 2. The number of carbonyl (C=O) groups is 2. The standard InChI is InChI=1S/C13H17N3O2/c14-13(18)10-3-5-11(6-4-10)15-12(17)9-16-7-1-2-8-16/h3-6H,1-2,7-9H2,(H2,14,18)(H,15,17)/p+1. The molecule has 4 N–H and O–H groups in total. The smallest absolute Gasteiger partial charge is 0.279 e. The van der Waals surface area contributed by atoms with Crippen molar-refractivity contribution in [2.75, 3.05) is 25.0 Å². The molecule has 1 fully saturated rings. The van der Waals surface area contributed by atoms with Gasteiger partial charge in [-0.2, -0.15) is 0 Å². The zero-order valence-electron chi connectivity index (χ0n) is 10.2. The first kappa shape index (κ1) is 12.6. The van der Waals surface area contributed by atoms with E-state index in [0.717, 1.165) is 13.1 Å². The van der Waals surface area contributed by atoms with E-state index in [9.17, 15) is 9.59 Å². The summed E-state index contributed by atoms with van der Waals surface area (Å²) in [6.07, 6.45) is 2.41. The lowest BCUT2D eigenvalue weighted by Gasteiger charge is -2.11. The molecule has 0 aliphatic carbocycles. The van der Waals surface area contributed by atoms with Crippen molar-refractivity contribution in [3.63, 3.8) is 0 Å². The number of hydrogen-bond acceptors (Lipinski definition) is 2. The molecule has 0 atom stereocenters. The molecule has 0 aromatic heterocycles. The lowest BCUT2D eigenvalue weighted by atomic mass is 10.2. The van der Waals surface area contributed by atoms with Crippen LogP contribution in [0.1, 0.15) is 23.2 Å². The van der Waals surface area contributed by atoms with Crippen LogP contribution in [0.5, 0.6) is 0 Å². The van der Waals surface area contributed by atoms with Gasteiger partial charge >= 0.3 is 0 Å². The Hall–Kier alpha value is -1.88. The van der Waals surface area contributed by atoms with Crippen molar-refractivity contribution in [2.24, 2.45) is 5.73 Å². The van der Waals surface area contributed by atoms with Crippen LogP contribution in [0, 0.1) is 0 Å². The fraction of sp³-hybridized carbons (Fsp3) is 0.385. The molecular formula is C13H18N3O2+. The second-order valence-electron chi connectivity index (χ2n) is 4.62. The molecule has 1 aromatic rings. The monoisotopic (exact) mass is 248 g/mol. The third kappa shape index (κ3) is 3.30. The quantitative estimate of drug-likeness (QED) is 0.665. The summed E-state index contributed by atoms with van der Waals surface area (Å²) in [6, 6.07) is 6.61. The first-order valence-electron chi connectivity index (χ1n) is 6.18. The Morgan fingerprint density at radius 2 is 1.78 bits per heavy atom. The van der Waals surface area contributed by atoms with Gasteiger partial charge in [0, 0.05) is 24.1 Å². The molecule has 5 heteroatoms. The molecule has 18 heavy (non-hydrogen) atoms. The largest absolute Gasteiger partial charge is 0.366 e. The van der Waals surface area contributed by atoms with Crippen molar-refractivity contribution in [1.82, 2.24) is 0 Å². The number of carbonyl (C=O) groups excluding carboxylic acids is 2. The molecule has 1 saturated heterocycles. The van der Waals surface area contributed by atoms with E-state index in [4.69, 9.17) is 5.73 Å². The van der Waals surface area contributed by atoms with Gasteiger partial charge in [0.1, 0.15) is 0 Å². The average molecular weight is 248 g/mol. The van der Waals surface area contributed by atoms with Crippen LogP contribution in [0.3, 0.4) is 0 Å².